The summed E-state index contributed by atoms with van der Waals surface area (Å²) in [6, 6.07) is 4.97. The molecule has 0 saturated heterocycles. The molecule has 6 heteroatoms. The van der Waals surface area contributed by atoms with Gasteiger partial charge in [-0.1, -0.05) is 0 Å². The van der Waals surface area contributed by atoms with E-state index in [1.54, 1.807) is 18.2 Å². The third kappa shape index (κ3) is 1.35. The zero-order valence-electron chi connectivity index (χ0n) is 9.42. The van der Waals surface area contributed by atoms with Gasteiger partial charge in [-0.15, -0.1) is 0 Å². The molecular weight excluding hydrogens is 234 g/mol. The summed E-state index contributed by atoms with van der Waals surface area (Å²) in [4.78, 5) is 12.1. The highest BCUT2D eigenvalue weighted by Crippen LogP contribution is 2.35. The highest BCUT2D eigenvalue weighted by atomic mass is 16.4. The van der Waals surface area contributed by atoms with E-state index in [9.17, 15) is 9.90 Å². The molecule has 1 aliphatic carbocycles. The van der Waals surface area contributed by atoms with E-state index >= 15 is 0 Å². The highest BCUT2D eigenvalue weighted by Gasteiger charge is 2.27. The molecule has 0 spiro atoms. The quantitative estimate of drug-likeness (QED) is 0.644. The lowest BCUT2D eigenvalue weighted by molar-refractivity contribution is 0.0685. The van der Waals surface area contributed by atoms with Crippen LogP contribution < -0.4 is 5.84 Å². The van der Waals surface area contributed by atoms with E-state index in [0.717, 1.165) is 15.9 Å². The van der Waals surface area contributed by atoms with E-state index in [2.05, 4.69) is 5.10 Å². The number of carbonyl (C=O) groups is 1. The molecule has 1 aromatic heterocycles. The van der Waals surface area contributed by atoms with E-state index in [1.165, 1.54) is 0 Å². The number of hydrogen-bond acceptors (Lipinski definition) is 4. The van der Waals surface area contributed by atoms with Gasteiger partial charge in [0, 0.05) is 11.1 Å². The maximum atomic E-state index is 11.1. The van der Waals surface area contributed by atoms with Crippen molar-refractivity contribution < 1.29 is 15.0 Å². The summed E-state index contributed by atoms with van der Waals surface area (Å²) >= 11 is 0. The van der Waals surface area contributed by atoms with Crippen molar-refractivity contribution >= 4 is 5.97 Å². The SMILES string of the molecule is Nn1nc2c(c1C(=O)O)CCc1cc(O)ccc1-2. The van der Waals surface area contributed by atoms with Gasteiger partial charge in [0.1, 0.15) is 5.75 Å². The Hall–Kier alpha value is -2.50. The lowest BCUT2D eigenvalue weighted by Crippen LogP contribution is -2.18. The maximum Gasteiger partial charge on any atom is 0.356 e. The van der Waals surface area contributed by atoms with Crippen LogP contribution in [-0.2, 0) is 12.8 Å². The Morgan fingerprint density at radius 2 is 2.17 bits per heavy atom. The van der Waals surface area contributed by atoms with Crippen molar-refractivity contribution in [3.05, 3.63) is 35.0 Å². The number of fused-ring (bicyclic) bond motifs is 3. The molecule has 0 radical (unpaired) electrons. The average molecular weight is 245 g/mol. The van der Waals surface area contributed by atoms with E-state index < -0.39 is 5.97 Å². The first-order chi connectivity index (χ1) is 8.58. The molecule has 0 amide bonds. The Balaban J connectivity index is 2.26. The summed E-state index contributed by atoms with van der Waals surface area (Å²) < 4.78 is 0. The smallest absolute Gasteiger partial charge is 0.356 e. The zero-order chi connectivity index (χ0) is 12.9. The van der Waals surface area contributed by atoms with Gasteiger partial charge in [-0.3, -0.25) is 0 Å². The van der Waals surface area contributed by atoms with Crippen LogP contribution in [-0.4, -0.2) is 26.1 Å². The first kappa shape index (κ1) is 10.6. The molecule has 4 N–H and O–H groups in total. The second kappa shape index (κ2) is 3.49. The topological polar surface area (TPSA) is 101 Å². The largest absolute Gasteiger partial charge is 0.508 e. The molecule has 1 heterocycles. The Morgan fingerprint density at radius 3 is 2.89 bits per heavy atom. The minimum atomic E-state index is -1.08. The molecule has 18 heavy (non-hydrogen) atoms. The number of nitrogens with zero attached hydrogens (tertiary/aromatic N) is 2. The third-order valence-electron chi connectivity index (χ3n) is 3.20. The number of aromatic hydroxyl groups is 1. The van der Waals surface area contributed by atoms with Crippen LogP contribution in [0.3, 0.4) is 0 Å². The minimum Gasteiger partial charge on any atom is -0.508 e. The zero-order valence-corrected chi connectivity index (χ0v) is 9.42. The van der Waals surface area contributed by atoms with Crippen molar-refractivity contribution in [1.82, 2.24) is 9.89 Å². The van der Waals surface area contributed by atoms with Gasteiger partial charge in [0.05, 0.1) is 5.69 Å². The Labute approximate surface area is 102 Å². The molecule has 3 rings (SSSR count). The molecule has 0 atom stereocenters. The number of phenols is 1. The number of carboxylic acids is 1. The van der Waals surface area contributed by atoms with Gasteiger partial charge in [0.25, 0.3) is 0 Å². The molecule has 0 aliphatic heterocycles. The van der Waals surface area contributed by atoms with Gasteiger partial charge < -0.3 is 16.1 Å². The number of aryl methyl sites for hydroxylation is 1. The number of rotatable bonds is 1. The molecule has 2 aromatic rings. The van der Waals surface area contributed by atoms with E-state index in [0.29, 0.717) is 24.1 Å². The molecule has 0 bridgehead atoms. The molecule has 1 aliphatic rings. The number of aromatic nitrogens is 2. The lowest BCUT2D eigenvalue weighted by atomic mass is 9.89. The number of benzene rings is 1. The van der Waals surface area contributed by atoms with Crippen molar-refractivity contribution in [3.8, 4) is 17.0 Å². The van der Waals surface area contributed by atoms with Crippen LogP contribution in [0.5, 0.6) is 5.75 Å². The first-order valence-electron chi connectivity index (χ1n) is 5.50. The molecule has 0 saturated carbocycles. The predicted octanol–water partition coefficient (Wildman–Crippen LogP) is 0.766. The summed E-state index contributed by atoms with van der Waals surface area (Å²) in [6.07, 6.45) is 1.23. The number of nitrogen functional groups attached to an aromatic ring is 1. The van der Waals surface area contributed by atoms with Gasteiger partial charge in [-0.2, -0.15) is 9.89 Å². The van der Waals surface area contributed by atoms with Crippen LogP contribution >= 0.6 is 0 Å². The van der Waals surface area contributed by atoms with E-state index in [4.69, 9.17) is 10.9 Å². The summed E-state index contributed by atoms with van der Waals surface area (Å²) in [5.74, 6) is 4.71. The van der Waals surface area contributed by atoms with Gasteiger partial charge in [0.2, 0.25) is 0 Å². The van der Waals surface area contributed by atoms with E-state index in [1.807, 2.05) is 0 Å². The van der Waals surface area contributed by atoms with Crippen LogP contribution in [0.2, 0.25) is 0 Å². The fraction of sp³-hybridized carbons (Fsp3) is 0.167. The maximum absolute atomic E-state index is 11.1. The molecule has 0 fully saturated rings. The molecule has 0 unspecified atom stereocenters. The molecule has 1 aromatic carbocycles. The first-order valence-corrected chi connectivity index (χ1v) is 5.50. The summed E-state index contributed by atoms with van der Waals surface area (Å²) in [7, 11) is 0. The average Bonchev–Trinajstić information content (AvgIpc) is 2.64. The number of carboxylic acid groups (broad SMARTS) is 1. The summed E-state index contributed by atoms with van der Waals surface area (Å²) in [5, 5.41) is 22.6. The number of phenolic OH excluding ortho intramolecular Hbond substituents is 1. The van der Waals surface area contributed by atoms with Crippen LogP contribution in [0.1, 0.15) is 21.6 Å². The minimum absolute atomic E-state index is 0.0312. The standard InChI is InChI=1S/C12H11N3O3/c13-15-11(12(17)18)9-3-1-6-5-7(16)2-4-8(6)10(9)14-15/h2,4-5,16H,1,3,13H2,(H,17,18). The van der Waals surface area contributed by atoms with Gasteiger partial charge in [-0.25, -0.2) is 4.79 Å². The van der Waals surface area contributed by atoms with Crippen LogP contribution in [0.4, 0.5) is 0 Å². The van der Waals surface area contributed by atoms with Crippen LogP contribution in [0.25, 0.3) is 11.3 Å². The third-order valence-corrected chi connectivity index (χ3v) is 3.20. The second-order valence-corrected chi connectivity index (χ2v) is 4.27. The van der Waals surface area contributed by atoms with Crippen LogP contribution in [0, 0.1) is 0 Å². The predicted molar refractivity (Wildman–Crippen MR) is 63.8 cm³/mol. The number of nitrogens with two attached hydrogens (primary N) is 1. The van der Waals surface area contributed by atoms with Crippen LogP contribution in [0.15, 0.2) is 18.2 Å². The Morgan fingerprint density at radius 1 is 1.39 bits per heavy atom. The normalized spacial score (nSPS) is 12.9. The summed E-state index contributed by atoms with van der Waals surface area (Å²) in [6.45, 7) is 0. The lowest BCUT2D eigenvalue weighted by Gasteiger charge is -2.15. The Bertz CT molecular complexity index is 661. The van der Waals surface area contributed by atoms with Gasteiger partial charge in [-0.05, 0) is 36.6 Å². The molecule has 92 valence electrons. The summed E-state index contributed by atoms with van der Waals surface area (Å²) in [5.41, 5.74) is 3.07. The van der Waals surface area contributed by atoms with Gasteiger partial charge in [0.15, 0.2) is 5.69 Å². The fourth-order valence-corrected chi connectivity index (χ4v) is 2.43. The Kier molecular flexibility index (Phi) is 2.07. The number of hydrogen-bond donors (Lipinski definition) is 3. The monoisotopic (exact) mass is 245 g/mol. The van der Waals surface area contributed by atoms with E-state index in [-0.39, 0.29) is 11.4 Å². The number of aromatic carboxylic acids is 1. The van der Waals surface area contributed by atoms with Crippen molar-refractivity contribution in [1.29, 1.82) is 0 Å². The molecule has 6 nitrogen and oxygen atoms in total. The highest BCUT2D eigenvalue weighted by molar-refractivity contribution is 5.91. The van der Waals surface area contributed by atoms with Crippen molar-refractivity contribution in [2.24, 2.45) is 0 Å². The van der Waals surface area contributed by atoms with Crippen molar-refractivity contribution in [2.75, 3.05) is 5.84 Å². The van der Waals surface area contributed by atoms with Gasteiger partial charge >= 0.3 is 5.97 Å². The second-order valence-electron chi connectivity index (χ2n) is 4.27. The molecular formula is C12H11N3O3. The van der Waals surface area contributed by atoms with Crippen molar-refractivity contribution in [2.45, 2.75) is 12.8 Å². The fourth-order valence-electron chi connectivity index (χ4n) is 2.43. The van der Waals surface area contributed by atoms with Crippen molar-refractivity contribution in [3.63, 3.8) is 0 Å².